The number of amides is 2. The van der Waals surface area contributed by atoms with Gasteiger partial charge in [0.25, 0.3) is 0 Å². The van der Waals surface area contributed by atoms with Crippen LogP contribution < -0.4 is 0 Å². The second-order valence-electron chi connectivity index (χ2n) is 15.1. The second-order valence-corrected chi connectivity index (χ2v) is 15.1. The number of allylic oxidation sites excluding steroid dienone is 1. The Kier molecular flexibility index (Phi) is 10.3. The number of fused-ring (bicyclic) bond motifs is 4. The number of ether oxygens (including phenoxy) is 1. The Morgan fingerprint density at radius 3 is 2.32 bits per heavy atom. The summed E-state index contributed by atoms with van der Waals surface area (Å²) in [7, 11) is 0.622. The molecule has 53 heavy (non-hydrogen) atoms. The average Bonchev–Trinajstić information content (AvgIpc) is 3.43. The smallest absolute Gasteiger partial charge is 0.455 e. The minimum Gasteiger partial charge on any atom is -0.507 e. The second kappa shape index (κ2) is 15.4. The molecule has 0 unspecified atom stereocenters. The van der Waals surface area contributed by atoms with E-state index in [-0.39, 0.29) is 35.8 Å². The van der Waals surface area contributed by atoms with Gasteiger partial charge in [-0.1, -0.05) is 97.1 Å². The number of aromatic hydroxyl groups is 1. The first-order valence-electron chi connectivity index (χ1n) is 19.0. The highest BCUT2D eigenvalue weighted by Gasteiger charge is 2.58. The molecule has 9 heteroatoms. The zero-order chi connectivity index (χ0) is 36.5. The first-order valence-corrected chi connectivity index (χ1v) is 19.0. The number of imide groups is 1. The summed E-state index contributed by atoms with van der Waals surface area (Å²) < 4.78 is 12.1. The van der Waals surface area contributed by atoms with E-state index in [4.69, 9.17) is 9.39 Å². The lowest BCUT2D eigenvalue weighted by atomic mass is 9.58. The van der Waals surface area contributed by atoms with Crippen molar-refractivity contribution in [2.75, 3.05) is 26.8 Å². The van der Waals surface area contributed by atoms with Gasteiger partial charge in [0, 0.05) is 38.2 Å². The van der Waals surface area contributed by atoms with Crippen LogP contribution in [0.3, 0.4) is 0 Å². The number of benzene rings is 4. The largest absolute Gasteiger partial charge is 0.507 e. The number of likely N-dealkylation sites (tertiary alicyclic amines) is 2. The van der Waals surface area contributed by atoms with Crippen LogP contribution in [-0.2, 0) is 25.5 Å². The van der Waals surface area contributed by atoms with Gasteiger partial charge in [-0.05, 0) is 89.2 Å². The molecular formula is C44H47BN2O6. The van der Waals surface area contributed by atoms with Gasteiger partial charge in [0.2, 0.25) is 11.8 Å². The van der Waals surface area contributed by atoms with Crippen molar-refractivity contribution in [3.8, 4) is 5.75 Å². The Balaban J connectivity index is 1.05. The normalized spacial score (nSPS) is 24.2. The molecule has 3 fully saturated rings. The van der Waals surface area contributed by atoms with Crippen LogP contribution in [-0.4, -0.2) is 77.8 Å². The van der Waals surface area contributed by atoms with Crippen molar-refractivity contribution in [3.63, 3.8) is 0 Å². The van der Waals surface area contributed by atoms with Crippen molar-refractivity contribution in [1.82, 2.24) is 9.80 Å². The quantitative estimate of drug-likeness (QED) is 0.0794. The van der Waals surface area contributed by atoms with Crippen molar-refractivity contribution in [2.24, 2.45) is 17.8 Å². The Bertz CT molecular complexity index is 2030. The third-order valence-electron chi connectivity index (χ3n) is 11.9. The first-order chi connectivity index (χ1) is 25.9. The molecule has 4 aromatic rings. The molecule has 1 aliphatic carbocycles. The highest BCUT2D eigenvalue weighted by molar-refractivity contribution is 6.43. The van der Waals surface area contributed by atoms with Crippen LogP contribution in [0.5, 0.6) is 5.75 Å². The maximum atomic E-state index is 14.4. The van der Waals surface area contributed by atoms with Crippen LogP contribution >= 0.6 is 0 Å². The molecule has 4 atom stereocenters. The maximum absolute atomic E-state index is 14.4. The predicted molar refractivity (Wildman–Crippen MR) is 207 cm³/mol. The molecule has 272 valence electrons. The Hall–Kier alpha value is -4.54. The zero-order valence-corrected chi connectivity index (χ0v) is 30.3. The number of phenolic OH excluding ortho intramolecular Hbond substituents is 1. The number of hydrogen-bond donors (Lipinski definition) is 2. The average molecular weight is 711 g/mol. The Morgan fingerprint density at radius 1 is 0.887 bits per heavy atom. The van der Waals surface area contributed by atoms with E-state index in [9.17, 15) is 19.7 Å². The molecule has 4 aliphatic rings. The van der Waals surface area contributed by atoms with Crippen LogP contribution in [0, 0.1) is 17.8 Å². The van der Waals surface area contributed by atoms with Crippen LogP contribution in [0.25, 0.3) is 22.4 Å². The summed E-state index contributed by atoms with van der Waals surface area (Å²) in [5, 5.41) is 23.5. The number of carbonyl (C=O) groups excluding carboxylic acids is 2. The molecule has 3 aliphatic heterocycles. The van der Waals surface area contributed by atoms with Gasteiger partial charge >= 0.3 is 7.12 Å². The summed E-state index contributed by atoms with van der Waals surface area (Å²) in [6.45, 7) is 2.88. The van der Waals surface area contributed by atoms with E-state index >= 15 is 0 Å². The molecule has 4 aromatic carbocycles. The maximum Gasteiger partial charge on any atom is 0.455 e. The highest BCUT2D eigenvalue weighted by atomic mass is 16.5. The molecule has 2 amide bonds. The van der Waals surface area contributed by atoms with Crippen LogP contribution in [0.2, 0.25) is 6.32 Å². The molecule has 8 rings (SSSR count). The lowest BCUT2D eigenvalue weighted by Gasteiger charge is -2.43. The van der Waals surface area contributed by atoms with E-state index in [0.29, 0.717) is 25.9 Å². The lowest BCUT2D eigenvalue weighted by Crippen LogP contribution is -2.48. The third-order valence-corrected chi connectivity index (χ3v) is 11.9. The molecule has 0 bridgehead atoms. The van der Waals surface area contributed by atoms with E-state index in [1.165, 1.54) is 5.56 Å². The van der Waals surface area contributed by atoms with Crippen LogP contribution in [0.4, 0.5) is 0 Å². The van der Waals surface area contributed by atoms with Crippen molar-refractivity contribution in [2.45, 2.75) is 57.1 Å². The number of piperidine rings is 1. The van der Waals surface area contributed by atoms with Gasteiger partial charge in [-0.3, -0.25) is 19.4 Å². The number of rotatable bonds is 10. The van der Waals surface area contributed by atoms with E-state index in [1.54, 1.807) is 18.1 Å². The molecular weight excluding hydrogens is 663 g/mol. The standard InChI is InChI=1S/C44H47BN2O6/c1-52-28-33-25-37-42(44(50)47(43(37)49)34-20-22-46(23-21-34)27-29-10-4-2-5-11-29)38-26-45(51)53-40(41(33)38)19-17-31(30-12-6-3-7-13-30)24-32-16-18-39(48)36-15-9-8-14-35(32)36/h2-16,18,24,34,37-38,40,42,48,51H,17,19-23,25-28H2,1H3/b31-24-/t37-,38+,40-,42-/m1/s1. The number of phenols is 1. The molecule has 0 radical (unpaired) electrons. The molecule has 3 heterocycles. The van der Waals surface area contributed by atoms with Gasteiger partial charge in [-0.15, -0.1) is 0 Å². The fraction of sp³-hybridized carbons (Fsp3) is 0.364. The number of hydrogen-bond acceptors (Lipinski definition) is 7. The van der Waals surface area contributed by atoms with Crippen molar-refractivity contribution in [1.29, 1.82) is 0 Å². The molecule has 0 saturated carbocycles. The van der Waals surface area contributed by atoms with Gasteiger partial charge in [-0.2, -0.15) is 0 Å². The van der Waals surface area contributed by atoms with Crippen LogP contribution in [0.1, 0.15) is 48.8 Å². The Morgan fingerprint density at radius 2 is 1.58 bits per heavy atom. The molecule has 0 spiro atoms. The highest BCUT2D eigenvalue weighted by Crippen LogP contribution is 2.51. The summed E-state index contributed by atoms with van der Waals surface area (Å²) in [5.41, 5.74) is 6.49. The van der Waals surface area contributed by atoms with E-state index in [1.807, 2.05) is 54.6 Å². The Labute approximate surface area is 311 Å². The summed E-state index contributed by atoms with van der Waals surface area (Å²) in [4.78, 5) is 32.6. The molecule has 2 N–H and O–H groups in total. The fourth-order valence-electron chi connectivity index (χ4n) is 9.49. The monoisotopic (exact) mass is 710 g/mol. The molecule has 3 saturated heterocycles. The minimum atomic E-state index is -1.04. The minimum absolute atomic E-state index is 0.0675. The molecule has 8 nitrogen and oxygen atoms in total. The predicted octanol–water partition coefficient (Wildman–Crippen LogP) is 6.97. The number of nitrogens with zero attached hydrogens (tertiary/aromatic N) is 2. The van der Waals surface area contributed by atoms with Gasteiger partial charge in [-0.25, -0.2) is 0 Å². The van der Waals surface area contributed by atoms with Gasteiger partial charge in [0.1, 0.15) is 5.75 Å². The van der Waals surface area contributed by atoms with Crippen LogP contribution in [0.15, 0.2) is 108 Å². The van der Waals surface area contributed by atoms with E-state index in [2.05, 4.69) is 47.4 Å². The van der Waals surface area contributed by atoms with E-state index in [0.717, 1.165) is 71.1 Å². The van der Waals surface area contributed by atoms with Crippen molar-refractivity contribution in [3.05, 3.63) is 125 Å². The molecule has 0 aromatic heterocycles. The fourth-order valence-corrected chi connectivity index (χ4v) is 9.49. The van der Waals surface area contributed by atoms with Crippen molar-refractivity contribution < 1.29 is 29.1 Å². The van der Waals surface area contributed by atoms with E-state index < -0.39 is 25.1 Å². The van der Waals surface area contributed by atoms with Gasteiger partial charge < -0.3 is 19.5 Å². The SMILES string of the molecule is COCC1=C2[C@@H](CC/C(=C/c3ccc(O)c4ccccc34)c3ccccc3)OB(O)C[C@@H]2[C@@H]2C(=O)N(C3CCN(Cc4ccccc4)CC3)C(=O)[C@@H]2C1. The lowest BCUT2D eigenvalue weighted by molar-refractivity contribution is -0.144. The third kappa shape index (κ3) is 7.11. The number of carbonyl (C=O) groups is 2. The van der Waals surface area contributed by atoms with Crippen molar-refractivity contribution >= 4 is 41.4 Å². The first kappa shape index (κ1) is 35.5. The summed E-state index contributed by atoms with van der Waals surface area (Å²) in [5.74, 6) is -1.15. The summed E-state index contributed by atoms with van der Waals surface area (Å²) >= 11 is 0. The zero-order valence-electron chi connectivity index (χ0n) is 30.3. The van der Waals surface area contributed by atoms with Gasteiger partial charge in [0.05, 0.1) is 24.5 Å². The summed E-state index contributed by atoms with van der Waals surface area (Å²) in [6, 6.07) is 32.1. The van der Waals surface area contributed by atoms with Gasteiger partial charge in [0.15, 0.2) is 0 Å². The summed E-state index contributed by atoms with van der Waals surface area (Å²) in [6.07, 6.45) is 5.24. The number of methoxy groups -OCH3 is 1. The topological polar surface area (TPSA) is 99.5 Å².